The lowest BCUT2D eigenvalue weighted by Crippen LogP contribution is -2.08. The van der Waals surface area contributed by atoms with Crippen LogP contribution in [-0.2, 0) is 0 Å². The Morgan fingerprint density at radius 1 is 0.800 bits per heavy atom. The van der Waals surface area contributed by atoms with Gasteiger partial charge in [0.25, 0.3) is 0 Å². The van der Waals surface area contributed by atoms with E-state index in [1.807, 2.05) is 0 Å². The SMILES string of the molecule is CC(C)(C)C=N[C@@H]1C[C@H]1N=CC(C)(C)C. The van der Waals surface area contributed by atoms with Crippen molar-refractivity contribution >= 4 is 12.4 Å². The Balaban J connectivity index is 2.36. The lowest BCUT2D eigenvalue weighted by Gasteiger charge is -2.10. The zero-order valence-corrected chi connectivity index (χ0v) is 10.9. The summed E-state index contributed by atoms with van der Waals surface area (Å²) in [6, 6.07) is 0.894. The van der Waals surface area contributed by atoms with Gasteiger partial charge in [0.05, 0.1) is 12.1 Å². The second-order valence-corrected chi connectivity index (χ2v) is 6.66. The van der Waals surface area contributed by atoms with Gasteiger partial charge in [0.1, 0.15) is 0 Å². The molecule has 0 radical (unpaired) electrons. The minimum Gasteiger partial charge on any atom is -0.291 e. The highest BCUT2D eigenvalue weighted by Gasteiger charge is 2.36. The first kappa shape index (κ1) is 12.4. The van der Waals surface area contributed by atoms with E-state index in [1.54, 1.807) is 0 Å². The Morgan fingerprint density at radius 3 is 1.40 bits per heavy atom. The Labute approximate surface area is 93.9 Å². The molecule has 0 bridgehead atoms. The third kappa shape index (κ3) is 5.71. The fraction of sp³-hybridized carbons (Fsp3) is 0.846. The fourth-order valence-electron chi connectivity index (χ4n) is 1.13. The van der Waals surface area contributed by atoms with Crippen molar-refractivity contribution in [1.29, 1.82) is 0 Å². The van der Waals surface area contributed by atoms with Gasteiger partial charge in [-0.3, -0.25) is 9.98 Å². The van der Waals surface area contributed by atoms with E-state index in [9.17, 15) is 0 Å². The molecule has 1 saturated carbocycles. The van der Waals surface area contributed by atoms with E-state index in [0.29, 0.717) is 12.1 Å². The van der Waals surface area contributed by atoms with Crippen LogP contribution in [0.1, 0.15) is 48.0 Å². The number of nitrogens with zero attached hydrogens (tertiary/aromatic N) is 2. The van der Waals surface area contributed by atoms with Gasteiger partial charge in [0.15, 0.2) is 0 Å². The average molecular weight is 208 g/mol. The maximum Gasteiger partial charge on any atom is 0.0741 e. The summed E-state index contributed by atoms with van der Waals surface area (Å²) in [5.41, 5.74) is 0.391. The first-order valence-electron chi connectivity index (χ1n) is 5.76. The van der Waals surface area contributed by atoms with Crippen LogP contribution >= 0.6 is 0 Å². The minimum absolute atomic E-state index is 0.195. The summed E-state index contributed by atoms with van der Waals surface area (Å²) in [6.07, 6.45) is 5.24. The van der Waals surface area contributed by atoms with E-state index in [2.05, 4.69) is 64.0 Å². The average Bonchev–Trinajstić information content (AvgIpc) is 2.73. The zero-order valence-electron chi connectivity index (χ0n) is 10.9. The molecular weight excluding hydrogens is 184 g/mol. The maximum atomic E-state index is 4.55. The molecule has 0 aromatic carbocycles. The Bertz CT molecular complexity index is 235. The molecule has 0 aromatic rings. The predicted molar refractivity (Wildman–Crippen MR) is 68.1 cm³/mol. The molecule has 0 aromatic heterocycles. The van der Waals surface area contributed by atoms with Crippen LogP contribution in [0, 0.1) is 10.8 Å². The molecule has 1 fully saturated rings. The Kier molecular flexibility index (Phi) is 3.37. The molecule has 1 aliphatic carbocycles. The van der Waals surface area contributed by atoms with Crippen LogP contribution in [0.4, 0.5) is 0 Å². The first-order valence-corrected chi connectivity index (χ1v) is 5.76. The number of hydrogen-bond acceptors (Lipinski definition) is 2. The predicted octanol–water partition coefficient (Wildman–Crippen LogP) is 3.36. The Morgan fingerprint density at radius 2 is 1.13 bits per heavy atom. The zero-order chi connectivity index (χ0) is 11.7. The normalized spacial score (nSPS) is 27.9. The molecule has 0 spiro atoms. The van der Waals surface area contributed by atoms with Crippen molar-refractivity contribution in [3.05, 3.63) is 0 Å². The lowest BCUT2D eigenvalue weighted by atomic mass is 9.99. The summed E-state index contributed by atoms with van der Waals surface area (Å²) >= 11 is 0. The minimum atomic E-state index is 0.195. The molecule has 0 saturated heterocycles. The largest absolute Gasteiger partial charge is 0.291 e. The molecule has 0 unspecified atom stereocenters. The Hall–Kier alpha value is -0.660. The van der Waals surface area contributed by atoms with Gasteiger partial charge in [-0.25, -0.2) is 0 Å². The van der Waals surface area contributed by atoms with E-state index in [0.717, 1.165) is 6.42 Å². The van der Waals surface area contributed by atoms with Gasteiger partial charge >= 0.3 is 0 Å². The van der Waals surface area contributed by atoms with Gasteiger partial charge < -0.3 is 0 Å². The van der Waals surface area contributed by atoms with E-state index in [1.165, 1.54) is 0 Å². The van der Waals surface area contributed by atoms with E-state index in [-0.39, 0.29) is 10.8 Å². The summed E-state index contributed by atoms with van der Waals surface area (Å²) in [7, 11) is 0. The maximum absolute atomic E-state index is 4.55. The molecule has 0 amide bonds. The summed E-state index contributed by atoms with van der Waals surface area (Å²) in [4.78, 5) is 9.10. The highest BCUT2D eigenvalue weighted by molar-refractivity contribution is 5.66. The van der Waals surface area contributed by atoms with Gasteiger partial charge in [-0.1, -0.05) is 41.5 Å². The molecule has 2 nitrogen and oxygen atoms in total. The van der Waals surface area contributed by atoms with Crippen LogP contribution in [-0.4, -0.2) is 24.5 Å². The molecule has 0 aliphatic heterocycles. The molecule has 15 heavy (non-hydrogen) atoms. The van der Waals surface area contributed by atoms with Gasteiger partial charge in [-0.15, -0.1) is 0 Å². The second kappa shape index (κ2) is 4.07. The third-order valence-electron chi connectivity index (χ3n) is 2.03. The first-order chi connectivity index (χ1) is 6.67. The molecule has 0 N–H and O–H groups in total. The molecule has 1 rings (SSSR count). The van der Waals surface area contributed by atoms with Crippen LogP contribution < -0.4 is 0 Å². The smallest absolute Gasteiger partial charge is 0.0741 e. The molecule has 1 aliphatic rings. The van der Waals surface area contributed by atoms with Gasteiger partial charge in [0, 0.05) is 12.4 Å². The summed E-state index contributed by atoms with van der Waals surface area (Å²) < 4.78 is 0. The van der Waals surface area contributed by atoms with Crippen LogP contribution in [0.15, 0.2) is 9.98 Å². The quantitative estimate of drug-likeness (QED) is 0.622. The molecular formula is C13H24N2. The molecule has 0 heterocycles. The standard InChI is InChI=1S/C13H24N2/c1-12(2,3)8-14-10-7-11(10)15-9-13(4,5)6/h8-11H,7H2,1-6H3/t10-,11-/m1/s1. The van der Waals surface area contributed by atoms with Crippen molar-refractivity contribution in [1.82, 2.24) is 0 Å². The van der Waals surface area contributed by atoms with Gasteiger partial charge in [-0.2, -0.15) is 0 Å². The number of rotatable bonds is 2. The topological polar surface area (TPSA) is 24.7 Å². The van der Waals surface area contributed by atoms with Gasteiger partial charge in [0.2, 0.25) is 0 Å². The van der Waals surface area contributed by atoms with E-state index < -0.39 is 0 Å². The van der Waals surface area contributed by atoms with Crippen molar-refractivity contribution in [2.75, 3.05) is 0 Å². The van der Waals surface area contributed by atoms with Crippen molar-refractivity contribution in [2.45, 2.75) is 60.0 Å². The van der Waals surface area contributed by atoms with Crippen molar-refractivity contribution in [3.63, 3.8) is 0 Å². The molecule has 86 valence electrons. The summed E-state index contributed by atoms with van der Waals surface area (Å²) in [5, 5.41) is 0. The fourth-order valence-corrected chi connectivity index (χ4v) is 1.13. The van der Waals surface area contributed by atoms with Crippen LogP contribution in [0.2, 0.25) is 0 Å². The molecule has 2 heteroatoms. The second-order valence-electron chi connectivity index (χ2n) is 6.66. The lowest BCUT2D eigenvalue weighted by molar-refractivity contribution is 0.600. The van der Waals surface area contributed by atoms with Crippen molar-refractivity contribution in [2.24, 2.45) is 20.8 Å². The van der Waals surface area contributed by atoms with Crippen LogP contribution in [0.25, 0.3) is 0 Å². The van der Waals surface area contributed by atoms with Crippen LogP contribution in [0.3, 0.4) is 0 Å². The highest BCUT2D eigenvalue weighted by atomic mass is 15.0. The summed E-state index contributed by atoms with van der Waals surface area (Å²) in [5.74, 6) is 0. The number of hydrogen-bond donors (Lipinski definition) is 0. The monoisotopic (exact) mass is 208 g/mol. The van der Waals surface area contributed by atoms with E-state index in [4.69, 9.17) is 0 Å². The number of aliphatic imine (C=N–C) groups is 2. The third-order valence-corrected chi connectivity index (χ3v) is 2.03. The molecule has 2 atom stereocenters. The van der Waals surface area contributed by atoms with Gasteiger partial charge in [-0.05, 0) is 17.3 Å². The van der Waals surface area contributed by atoms with E-state index >= 15 is 0 Å². The van der Waals surface area contributed by atoms with Crippen molar-refractivity contribution in [3.8, 4) is 0 Å². The highest BCUT2D eigenvalue weighted by Crippen LogP contribution is 2.30. The van der Waals surface area contributed by atoms with Crippen molar-refractivity contribution < 1.29 is 0 Å². The summed E-state index contributed by atoms with van der Waals surface area (Å²) in [6.45, 7) is 13.0. The van der Waals surface area contributed by atoms with Crippen LogP contribution in [0.5, 0.6) is 0 Å².